The number of halogens is 1. The summed E-state index contributed by atoms with van der Waals surface area (Å²) in [6, 6.07) is 23.2. The van der Waals surface area contributed by atoms with E-state index in [0.29, 0.717) is 5.02 Å². The van der Waals surface area contributed by atoms with Crippen molar-refractivity contribution in [2.75, 3.05) is 14.2 Å². The van der Waals surface area contributed by atoms with E-state index in [1.165, 1.54) is 5.57 Å². The zero-order valence-corrected chi connectivity index (χ0v) is 21.7. The van der Waals surface area contributed by atoms with Crippen LogP contribution >= 0.6 is 11.6 Å². The van der Waals surface area contributed by atoms with Crippen molar-refractivity contribution in [2.45, 2.75) is 25.3 Å². The standard InChI is InChI=1S/C31H29ClN2O3/c1-36-26-15-8-22(9-16-26)20-24-4-3-5-28-30(24)33-34(31(28)23-11-17-27(37-2)18-12-23)29(35)19-10-21-6-13-25(32)14-7-21/h6-20,28,31H,3-5H2,1-2H3/b19-10+,24-20+/t28-,31+/m1/s1. The molecule has 0 spiro atoms. The molecule has 1 amide bonds. The van der Waals surface area contributed by atoms with E-state index in [-0.39, 0.29) is 17.9 Å². The second kappa shape index (κ2) is 11.1. The van der Waals surface area contributed by atoms with Crippen molar-refractivity contribution in [3.63, 3.8) is 0 Å². The van der Waals surface area contributed by atoms with Crippen molar-refractivity contribution in [1.82, 2.24) is 5.01 Å². The van der Waals surface area contributed by atoms with Gasteiger partial charge in [0.1, 0.15) is 11.5 Å². The molecule has 1 heterocycles. The highest BCUT2D eigenvalue weighted by Crippen LogP contribution is 2.44. The average molecular weight is 513 g/mol. The summed E-state index contributed by atoms with van der Waals surface area (Å²) in [6.45, 7) is 0. The van der Waals surface area contributed by atoms with Crippen molar-refractivity contribution in [2.24, 2.45) is 11.0 Å². The topological polar surface area (TPSA) is 51.1 Å². The van der Waals surface area contributed by atoms with Gasteiger partial charge in [-0.1, -0.05) is 48.0 Å². The normalized spacial score (nSPS) is 20.1. The minimum Gasteiger partial charge on any atom is -0.497 e. The Hall–Kier alpha value is -3.83. The zero-order chi connectivity index (χ0) is 25.8. The first-order valence-electron chi connectivity index (χ1n) is 12.4. The highest BCUT2D eigenvalue weighted by molar-refractivity contribution is 6.30. The van der Waals surface area contributed by atoms with Crippen molar-refractivity contribution < 1.29 is 14.3 Å². The van der Waals surface area contributed by atoms with E-state index < -0.39 is 0 Å². The van der Waals surface area contributed by atoms with Gasteiger partial charge in [-0.2, -0.15) is 5.10 Å². The fourth-order valence-corrected chi connectivity index (χ4v) is 5.16. The minimum atomic E-state index is -0.178. The van der Waals surface area contributed by atoms with Crippen LogP contribution in [0.15, 0.2) is 89.5 Å². The van der Waals surface area contributed by atoms with Gasteiger partial charge in [0.05, 0.1) is 26.0 Å². The molecule has 188 valence electrons. The summed E-state index contributed by atoms with van der Waals surface area (Å²) in [7, 11) is 3.32. The number of carbonyl (C=O) groups is 1. The molecule has 5 nitrogen and oxygen atoms in total. The van der Waals surface area contributed by atoms with E-state index in [0.717, 1.165) is 53.2 Å². The number of hydrogen-bond donors (Lipinski definition) is 0. The summed E-state index contributed by atoms with van der Waals surface area (Å²) in [5.41, 5.74) is 5.21. The van der Waals surface area contributed by atoms with Gasteiger partial charge >= 0.3 is 0 Å². The number of fused-ring (bicyclic) bond motifs is 1. The molecule has 0 bridgehead atoms. The van der Waals surface area contributed by atoms with Crippen molar-refractivity contribution in [1.29, 1.82) is 0 Å². The molecule has 2 aliphatic rings. The molecule has 1 saturated carbocycles. The number of methoxy groups -OCH3 is 2. The van der Waals surface area contributed by atoms with Gasteiger partial charge in [0.25, 0.3) is 5.91 Å². The Labute approximate surface area is 222 Å². The third-order valence-corrected chi connectivity index (χ3v) is 7.18. The average Bonchev–Trinajstić information content (AvgIpc) is 3.34. The van der Waals surface area contributed by atoms with Crippen LogP contribution in [-0.2, 0) is 4.79 Å². The van der Waals surface area contributed by atoms with E-state index in [2.05, 4.69) is 6.08 Å². The number of nitrogens with zero attached hydrogens (tertiary/aromatic N) is 2. The largest absolute Gasteiger partial charge is 0.497 e. The van der Waals surface area contributed by atoms with Gasteiger partial charge < -0.3 is 9.47 Å². The first-order valence-corrected chi connectivity index (χ1v) is 12.8. The minimum absolute atomic E-state index is 0.125. The molecular weight excluding hydrogens is 484 g/mol. The van der Waals surface area contributed by atoms with E-state index in [1.54, 1.807) is 31.4 Å². The molecule has 1 aliphatic carbocycles. The van der Waals surface area contributed by atoms with Crippen LogP contribution in [-0.4, -0.2) is 30.8 Å². The van der Waals surface area contributed by atoms with E-state index in [4.69, 9.17) is 26.2 Å². The number of rotatable bonds is 6. The van der Waals surface area contributed by atoms with Gasteiger partial charge in [-0.25, -0.2) is 5.01 Å². The molecule has 0 aromatic heterocycles. The smallest absolute Gasteiger partial charge is 0.267 e. The molecule has 0 N–H and O–H groups in total. The molecule has 1 aliphatic heterocycles. The first-order chi connectivity index (χ1) is 18.1. The van der Waals surface area contributed by atoms with Crippen molar-refractivity contribution in [3.05, 3.63) is 106 Å². The lowest BCUT2D eigenvalue weighted by Crippen LogP contribution is -2.30. The lowest BCUT2D eigenvalue weighted by molar-refractivity contribution is -0.128. The Bertz CT molecular complexity index is 1340. The Morgan fingerprint density at radius 3 is 2.19 bits per heavy atom. The summed E-state index contributed by atoms with van der Waals surface area (Å²) < 4.78 is 10.7. The van der Waals surface area contributed by atoms with Gasteiger partial charge in [0.15, 0.2) is 0 Å². The molecule has 6 heteroatoms. The van der Waals surface area contributed by atoms with Crippen molar-refractivity contribution >= 4 is 35.4 Å². The van der Waals surface area contributed by atoms with Crippen molar-refractivity contribution in [3.8, 4) is 11.5 Å². The van der Waals surface area contributed by atoms with Gasteiger partial charge in [-0.3, -0.25) is 4.79 Å². The van der Waals surface area contributed by atoms with Crippen LogP contribution in [0.2, 0.25) is 5.02 Å². The maximum atomic E-state index is 13.5. The van der Waals surface area contributed by atoms with E-state index in [9.17, 15) is 4.79 Å². The Kier molecular flexibility index (Phi) is 7.42. The SMILES string of the molecule is COc1ccc(/C=C2\CCC[C@@H]3C2=NN(C(=O)/C=C/c2ccc(Cl)cc2)[C@H]3c2ccc(OC)cc2)cc1. The summed E-state index contributed by atoms with van der Waals surface area (Å²) in [6.07, 6.45) is 8.53. The van der Waals surface area contributed by atoms with E-state index in [1.807, 2.05) is 72.8 Å². The monoisotopic (exact) mass is 512 g/mol. The number of amides is 1. The number of ether oxygens (including phenoxy) is 2. The van der Waals surface area contributed by atoms with Gasteiger partial charge in [0.2, 0.25) is 0 Å². The molecular formula is C31H29ClN2O3. The predicted octanol–water partition coefficient (Wildman–Crippen LogP) is 7.19. The predicted molar refractivity (Wildman–Crippen MR) is 149 cm³/mol. The van der Waals surface area contributed by atoms with Crippen LogP contribution < -0.4 is 9.47 Å². The Morgan fingerprint density at radius 2 is 1.54 bits per heavy atom. The Balaban J connectivity index is 1.49. The lowest BCUT2D eigenvalue weighted by Gasteiger charge is -2.29. The number of hydrazone groups is 1. The fraction of sp³-hybridized carbons (Fsp3) is 0.226. The van der Waals surface area contributed by atoms with Crippen LogP contribution in [0.4, 0.5) is 0 Å². The van der Waals surface area contributed by atoms with Crippen LogP contribution in [0.5, 0.6) is 11.5 Å². The summed E-state index contributed by atoms with van der Waals surface area (Å²) in [5.74, 6) is 1.58. The quantitative estimate of drug-likeness (QED) is 0.328. The molecule has 3 aromatic rings. The molecule has 0 unspecified atom stereocenters. The zero-order valence-electron chi connectivity index (χ0n) is 20.9. The molecule has 37 heavy (non-hydrogen) atoms. The highest BCUT2D eigenvalue weighted by atomic mass is 35.5. The number of hydrogen-bond acceptors (Lipinski definition) is 4. The third-order valence-electron chi connectivity index (χ3n) is 6.93. The van der Waals surface area contributed by atoms with Crippen LogP contribution in [0.1, 0.15) is 42.0 Å². The summed E-state index contributed by atoms with van der Waals surface area (Å²) in [5, 5.41) is 7.27. The van der Waals surface area contributed by atoms with Crippen LogP contribution in [0.3, 0.4) is 0 Å². The number of benzene rings is 3. The third kappa shape index (κ3) is 5.47. The molecule has 0 radical (unpaired) electrons. The lowest BCUT2D eigenvalue weighted by atomic mass is 9.77. The fourth-order valence-electron chi connectivity index (χ4n) is 5.04. The van der Waals surface area contributed by atoms with Crippen LogP contribution in [0.25, 0.3) is 12.2 Å². The summed E-state index contributed by atoms with van der Waals surface area (Å²) >= 11 is 6.01. The number of allylic oxidation sites excluding steroid dienone is 1. The molecule has 2 atom stereocenters. The molecule has 0 saturated heterocycles. The van der Waals surface area contributed by atoms with Crippen LogP contribution in [0, 0.1) is 5.92 Å². The number of carbonyl (C=O) groups excluding carboxylic acids is 1. The molecule has 3 aromatic carbocycles. The summed E-state index contributed by atoms with van der Waals surface area (Å²) in [4.78, 5) is 13.5. The molecule has 1 fully saturated rings. The highest BCUT2D eigenvalue weighted by Gasteiger charge is 2.43. The second-order valence-corrected chi connectivity index (χ2v) is 9.65. The first kappa shape index (κ1) is 24.8. The maximum Gasteiger partial charge on any atom is 0.267 e. The Morgan fingerprint density at radius 1 is 0.919 bits per heavy atom. The second-order valence-electron chi connectivity index (χ2n) is 9.21. The van der Waals surface area contributed by atoms with Gasteiger partial charge in [-0.05, 0) is 90.1 Å². The van der Waals surface area contributed by atoms with Gasteiger partial charge in [0, 0.05) is 17.0 Å². The van der Waals surface area contributed by atoms with Gasteiger partial charge in [-0.15, -0.1) is 0 Å². The van der Waals surface area contributed by atoms with E-state index >= 15 is 0 Å². The maximum absolute atomic E-state index is 13.5. The molecule has 5 rings (SSSR count).